The summed E-state index contributed by atoms with van der Waals surface area (Å²) in [7, 11) is 1.81. The van der Waals surface area contributed by atoms with Crippen LogP contribution in [-0.4, -0.2) is 92.9 Å². The zero-order valence-corrected chi connectivity index (χ0v) is 28.4. The van der Waals surface area contributed by atoms with E-state index >= 15 is 4.39 Å². The first kappa shape index (κ1) is 32.5. The number of nitrogens with zero attached hydrogens (tertiary/aromatic N) is 8. The third-order valence-corrected chi connectivity index (χ3v) is 11.6. The van der Waals surface area contributed by atoms with Crippen molar-refractivity contribution in [1.82, 2.24) is 29.3 Å². The van der Waals surface area contributed by atoms with E-state index in [4.69, 9.17) is 27.1 Å². The summed E-state index contributed by atoms with van der Waals surface area (Å²) in [6, 6.07) is 5.61. The molecule has 258 valence electrons. The quantitative estimate of drug-likeness (QED) is 0.217. The molecule has 0 bridgehead atoms. The molecule has 3 saturated heterocycles. The van der Waals surface area contributed by atoms with Gasteiger partial charge in [0.1, 0.15) is 47.3 Å². The summed E-state index contributed by atoms with van der Waals surface area (Å²) in [5.74, 6) is -1.08. The van der Waals surface area contributed by atoms with Gasteiger partial charge in [0.25, 0.3) is 0 Å². The molecular weight excluding hydrogens is 691 g/mol. The van der Waals surface area contributed by atoms with Gasteiger partial charge < -0.3 is 20.3 Å². The van der Waals surface area contributed by atoms with Gasteiger partial charge in [-0.25, -0.2) is 22.9 Å². The molecule has 1 amide bonds. The Balaban J connectivity index is 1.24. The van der Waals surface area contributed by atoms with Gasteiger partial charge in [0.15, 0.2) is 5.82 Å². The number of nitrogen functional groups attached to an aromatic ring is 1. The Hall–Kier alpha value is -4.65. The summed E-state index contributed by atoms with van der Waals surface area (Å²) in [6.07, 6.45) is 6.21. The third kappa shape index (κ3) is 5.19. The number of benzene rings is 2. The normalized spacial score (nSPS) is 22.0. The first-order valence-electron chi connectivity index (χ1n) is 16.2. The van der Waals surface area contributed by atoms with Gasteiger partial charge >= 0.3 is 12.0 Å². The number of amides is 1. The molecule has 3 aliphatic rings. The van der Waals surface area contributed by atoms with E-state index in [-0.39, 0.29) is 67.0 Å². The monoisotopic (exact) mass is 721 g/mol. The van der Waals surface area contributed by atoms with E-state index in [1.54, 1.807) is 24.2 Å². The van der Waals surface area contributed by atoms with E-state index in [2.05, 4.69) is 14.9 Å². The maximum absolute atomic E-state index is 17.0. The highest BCUT2D eigenvalue weighted by molar-refractivity contribution is 7.23. The number of carbonyl (C=O) groups excluding carboxylic acids is 1. The number of aromatic nitrogens is 4. The average molecular weight is 722 g/mol. The number of thiophene rings is 1. The molecule has 6 heterocycles. The van der Waals surface area contributed by atoms with Crippen LogP contribution in [0.2, 0.25) is 5.02 Å². The van der Waals surface area contributed by atoms with Crippen molar-refractivity contribution in [2.75, 3.05) is 50.5 Å². The molecule has 2 aromatic carbocycles. The topological polar surface area (TPSA) is 129 Å². The number of likely N-dealkylation sites (tertiary alicyclic amines) is 1. The smallest absolute Gasteiger partial charge is 0.329 e. The average Bonchev–Trinajstić information content (AvgIpc) is 3.93. The van der Waals surface area contributed by atoms with Crippen molar-refractivity contribution in [3.63, 3.8) is 0 Å². The lowest BCUT2D eigenvalue weighted by Crippen LogP contribution is -2.43. The number of hydrogen-bond donors (Lipinski definition) is 1. The van der Waals surface area contributed by atoms with Crippen molar-refractivity contribution >= 4 is 60.8 Å². The summed E-state index contributed by atoms with van der Waals surface area (Å²) < 4.78 is 54.3. The predicted molar refractivity (Wildman–Crippen MR) is 184 cm³/mol. The third-order valence-electron chi connectivity index (χ3n) is 10.3. The van der Waals surface area contributed by atoms with Crippen LogP contribution in [0, 0.1) is 23.0 Å². The highest BCUT2D eigenvalue weighted by Gasteiger charge is 2.49. The maximum atomic E-state index is 17.0. The van der Waals surface area contributed by atoms with Crippen LogP contribution in [0.1, 0.15) is 31.2 Å². The Labute approximate surface area is 293 Å². The van der Waals surface area contributed by atoms with Gasteiger partial charge in [0.05, 0.1) is 20.8 Å². The number of ether oxygens (including phenoxy) is 1. The minimum atomic E-state index is -0.965. The van der Waals surface area contributed by atoms with Crippen LogP contribution in [0.15, 0.2) is 36.9 Å². The second-order valence-corrected chi connectivity index (χ2v) is 14.6. The van der Waals surface area contributed by atoms with Crippen LogP contribution < -0.4 is 15.4 Å². The van der Waals surface area contributed by atoms with E-state index < -0.39 is 23.3 Å². The number of nitrogens with two attached hydrogens (primary N) is 1. The molecule has 16 heteroatoms. The molecule has 50 heavy (non-hydrogen) atoms. The summed E-state index contributed by atoms with van der Waals surface area (Å²) in [5.41, 5.74) is 5.61. The molecule has 3 atom stereocenters. The van der Waals surface area contributed by atoms with Gasteiger partial charge in [-0.3, -0.25) is 9.47 Å². The second-order valence-electron chi connectivity index (χ2n) is 13.1. The van der Waals surface area contributed by atoms with Gasteiger partial charge in [-0.2, -0.15) is 15.2 Å². The Bertz CT molecular complexity index is 2210. The molecular formula is C34H31ClF3N9O2S. The van der Waals surface area contributed by atoms with Gasteiger partial charge in [0.2, 0.25) is 0 Å². The molecule has 3 fully saturated rings. The fourth-order valence-electron chi connectivity index (χ4n) is 7.84. The number of imidazole rings is 1. The molecule has 0 spiro atoms. The first-order valence-corrected chi connectivity index (χ1v) is 17.4. The van der Waals surface area contributed by atoms with Gasteiger partial charge in [-0.15, -0.1) is 11.3 Å². The zero-order chi connectivity index (χ0) is 34.9. The number of hydrogen-bond acceptors (Lipinski definition) is 10. The lowest BCUT2D eigenvalue weighted by atomic mass is 9.95. The van der Waals surface area contributed by atoms with Gasteiger partial charge in [-0.05, 0) is 43.5 Å². The number of rotatable bonds is 6. The number of alkyl halides is 1. The SMILES string of the molecule is CN(c1nc(OC[C@@]23CCCN2C[C@H](F)C3)nc2c(F)c(-c3ccc(F)c4sc(N)c(C#N)c34)c(Cl)cc12)C1CCN(C(=O)n2ccnc2)C1. The van der Waals surface area contributed by atoms with E-state index in [9.17, 15) is 18.8 Å². The molecule has 5 aromatic rings. The molecule has 3 aliphatic heterocycles. The first-order chi connectivity index (χ1) is 24.1. The van der Waals surface area contributed by atoms with Crippen LogP contribution >= 0.6 is 22.9 Å². The van der Waals surface area contributed by atoms with Crippen molar-refractivity contribution in [2.45, 2.75) is 43.4 Å². The zero-order valence-electron chi connectivity index (χ0n) is 26.9. The van der Waals surface area contributed by atoms with E-state index in [0.29, 0.717) is 43.7 Å². The van der Waals surface area contributed by atoms with E-state index in [1.165, 1.54) is 29.2 Å². The Kier molecular flexibility index (Phi) is 8.00. The van der Waals surface area contributed by atoms with Crippen LogP contribution in [0.5, 0.6) is 6.01 Å². The summed E-state index contributed by atoms with van der Waals surface area (Å²) in [5, 5.41) is 10.4. The van der Waals surface area contributed by atoms with Crippen molar-refractivity contribution in [3.05, 3.63) is 59.1 Å². The van der Waals surface area contributed by atoms with Crippen molar-refractivity contribution in [3.8, 4) is 23.2 Å². The molecule has 0 radical (unpaired) electrons. The molecule has 3 aromatic heterocycles. The summed E-state index contributed by atoms with van der Waals surface area (Å²) >= 11 is 7.75. The molecule has 1 unspecified atom stereocenters. The fraction of sp³-hybridized carbons (Fsp3) is 0.382. The second kappa shape index (κ2) is 12.3. The van der Waals surface area contributed by atoms with Crippen molar-refractivity contribution in [2.24, 2.45) is 0 Å². The Morgan fingerprint density at radius 2 is 2.12 bits per heavy atom. The standard InChI is InChI=1S/C34H31ClF3N9O2S/c1-44(19-5-9-45(15-19)33(48)46-10-7-41-17-46)31-21-11-23(35)26(20-3-4-24(37)29-25(20)22(13-39)30(40)50-29)27(38)28(21)42-32(43-31)49-16-34-6-2-8-47(34)14-18(36)12-34/h3-4,7,10-11,17-19H,2,5-6,8-9,12,14-16,40H2,1H3/t18-,19?,34+/m1/s1. The van der Waals surface area contributed by atoms with Crippen LogP contribution in [0.4, 0.5) is 28.8 Å². The molecule has 2 N–H and O–H groups in total. The lowest BCUT2D eigenvalue weighted by Gasteiger charge is -2.31. The molecule has 0 aliphatic carbocycles. The molecule has 11 nitrogen and oxygen atoms in total. The molecule has 8 rings (SSSR count). The largest absolute Gasteiger partial charge is 0.461 e. The fourth-order valence-corrected chi connectivity index (χ4v) is 9.08. The van der Waals surface area contributed by atoms with Crippen LogP contribution in [0.3, 0.4) is 0 Å². The van der Waals surface area contributed by atoms with Gasteiger partial charge in [-0.1, -0.05) is 17.7 Å². The number of carbonyl (C=O) groups is 1. The number of fused-ring (bicyclic) bond motifs is 3. The van der Waals surface area contributed by atoms with E-state index in [0.717, 1.165) is 30.7 Å². The van der Waals surface area contributed by atoms with Crippen LogP contribution in [-0.2, 0) is 0 Å². The number of nitriles is 1. The lowest BCUT2D eigenvalue weighted by molar-refractivity contribution is 0.107. The number of halogens is 4. The maximum Gasteiger partial charge on any atom is 0.329 e. The van der Waals surface area contributed by atoms with E-state index in [1.807, 2.05) is 11.0 Å². The van der Waals surface area contributed by atoms with Crippen molar-refractivity contribution in [1.29, 1.82) is 5.26 Å². The highest BCUT2D eigenvalue weighted by atomic mass is 35.5. The highest BCUT2D eigenvalue weighted by Crippen LogP contribution is 2.46. The Morgan fingerprint density at radius 1 is 1.28 bits per heavy atom. The Morgan fingerprint density at radius 3 is 2.90 bits per heavy atom. The van der Waals surface area contributed by atoms with Crippen molar-refractivity contribution < 1.29 is 22.7 Å². The number of likely N-dealkylation sites (N-methyl/N-ethyl adjacent to an activating group) is 1. The summed E-state index contributed by atoms with van der Waals surface area (Å²) in [4.78, 5) is 32.0. The van der Waals surface area contributed by atoms with Gasteiger partial charge in [0, 0.05) is 67.9 Å². The molecule has 0 saturated carbocycles. The van der Waals surface area contributed by atoms with Crippen LogP contribution in [0.25, 0.3) is 32.1 Å². The minimum Gasteiger partial charge on any atom is -0.461 e. The predicted octanol–water partition coefficient (Wildman–Crippen LogP) is 6.23. The number of anilines is 2. The summed E-state index contributed by atoms with van der Waals surface area (Å²) in [6.45, 7) is 2.08. The minimum absolute atomic E-state index is 0.00717.